The summed E-state index contributed by atoms with van der Waals surface area (Å²) in [4.78, 5) is 2.36. The van der Waals surface area contributed by atoms with Crippen molar-refractivity contribution in [3.05, 3.63) is 0 Å². The van der Waals surface area contributed by atoms with Gasteiger partial charge in [0.15, 0.2) is 0 Å². The maximum absolute atomic E-state index is 5.04. The predicted octanol–water partition coefficient (Wildman–Crippen LogP) is 0.579. The molecule has 1 saturated heterocycles. The van der Waals surface area contributed by atoms with Crippen molar-refractivity contribution in [2.45, 2.75) is 12.8 Å². The highest BCUT2D eigenvalue weighted by Crippen LogP contribution is 2.12. The number of likely N-dealkylation sites (N-methyl/N-ethyl adjacent to an activating group) is 1. The second-order valence-corrected chi connectivity index (χ2v) is 3.87. The van der Waals surface area contributed by atoms with Crippen LogP contribution in [0.15, 0.2) is 0 Å². The number of nitrogens with zero attached hydrogens (tertiary/aromatic N) is 2. The Balaban J connectivity index is 2.07. The summed E-state index contributed by atoms with van der Waals surface area (Å²) in [6, 6.07) is 0. The zero-order valence-electron chi connectivity index (χ0n) is 8.83. The fraction of sp³-hybridized carbons (Fsp3) is 1.00. The summed E-state index contributed by atoms with van der Waals surface area (Å²) in [7, 11) is 3.93. The summed E-state index contributed by atoms with van der Waals surface area (Å²) in [5, 5.41) is 4.35. The van der Waals surface area contributed by atoms with Gasteiger partial charge in [-0.25, -0.2) is 5.32 Å². The molecular formula is C10H21N2O. The minimum absolute atomic E-state index is 0.841. The summed E-state index contributed by atoms with van der Waals surface area (Å²) in [6.07, 6.45) is 2.55. The van der Waals surface area contributed by atoms with E-state index in [1.54, 1.807) is 7.11 Å². The van der Waals surface area contributed by atoms with Crippen molar-refractivity contribution >= 4 is 0 Å². The van der Waals surface area contributed by atoms with Gasteiger partial charge in [0.1, 0.15) is 0 Å². The van der Waals surface area contributed by atoms with Crippen LogP contribution >= 0.6 is 0 Å². The number of rotatable bonds is 5. The minimum Gasteiger partial charge on any atom is -0.383 e. The molecule has 1 heterocycles. The first-order valence-corrected chi connectivity index (χ1v) is 5.13. The number of methoxy groups -OCH3 is 1. The Hall–Kier alpha value is -0.120. The summed E-state index contributed by atoms with van der Waals surface area (Å²) >= 11 is 0. The molecule has 0 aromatic heterocycles. The van der Waals surface area contributed by atoms with Crippen molar-refractivity contribution in [1.29, 1.82) is 0 Å². The molecule has 0 N–H and O–H groups in total. The molecule has 13 heavy (non-hydrogen) atoms. The van der Waals surface area contributed by atoms with Gasteiger partial charge in [-0.05, 0) is 25.8 Å². The monoisotopic (exact) mass is 185 g/mol. The van der Waals surface area contributed by atoms with Crippen LogP contribution in [0.5, 0.6) is 0 Å². The van der Waals surface area contributed by atoms with Crippen molar-refractivity contribution in [2.75, 3.05) is 46.9 Å². The molecule has 0 aliphatic carbocycles. The molecule has 1 fully saturated rings. The SMILES string of the molecule is COCCN(C)CC1CC[N]CC1. The van der Waals surface area contributed by atoms with Crippen molar-refractivity contribution < 1.29 is 4.74 Å². The Bertz CT molecular complexity index is 124. The molecule has 0 unspecified atom stereocenters. The average Bonchev–Trinajstić information content (AvgIpc) is 2.16. The molecule has 0 spiro atoms. The van der Waals surface area contributed by atoms with E-state index in [1.807, 2.05) is 0 Å². The molecule has 1 aliphatic heterocycles. The highest BCUT2D eigenvalue weighted by atomic mass is 16.5. The fourth-order valence-electron chi connectivity index (χ4n) is 1.77. The third-order valence-corrected chi connectivity index (χ3v) is 2.64. The van der Waals surface area contributed by atoms with Crippen LogP contribution in [0.25, 0.3) is 0 Å². The largest absolute Gasteiger partial charge is 0.383 e. The van der Waals surface area contributed by atoms with Crippen LogP contribution in [0.3, 0.4) is 0 Å². The Morgan fingerprint density at radius 2 is 2.08 bits per heavy atom. The third-order valence-electron chi connectivity index (χ3n) is 2.64. The van der Waals surface area contributed by atoms with E-state index in [1.165, 1.54) is 19.4 Å². The van der Waals surface area contributed by atoms with Gasteiger partial charge >= 0.3 is 0 Å². The van der Waals surface area contributed by atoms with Crippen LogP contribution in [0.2, 0.25) is 0 Å². The second kappa shape index (κ2) is 6.35. The molecule has 0 aromatic carbocycles. The van der Waals surface area contributed by atoms with E-state index in [0.717, 1.165) is 32.2 Å². The molecule has 0 atom stereocenters. The van der Waals surface area contributed by atoms with Gasteiger partial charge < -0.3 is 9.64 Å². The van der Waals surface area contributed by atoms with Gasteiger partial charge in [0.25, 0.3) is 0 Å². The van der Waals surface area contributed by atoms with Crippen LogP contribution in [0.1, 0.15) is 12.8 Å². The van der Waals surface area contributed by atoms with Crippen LogP contribution in [-0.2, 0) is 4.74 Å². The lowest BCUT2D eigenvalue weighted by Crippen LogP contribution is -2.33. The molecule has 0 aromatic rings. The van der Waals surface area contributed by atoms with Crippen LogP contribution in [-0.4, -0.2) is 51.8 Å². The number of hydrogen-bond acceptors (Lipinski definition) is 2. The van der Waals surface area contributed by atoms with Crippen molar-refractivity contribution in [1.82, 2.24) is 10.2 Å². The standard InChI is InChI=1S/C10H21N2O/c1-12(7-8-13-2)9-10-3-5-11-6-4-10/h10H,3-9H2,1-2H3. The first kappa shape index (κ1) is 11.0. The topological polar surface area (TPSA) is 26.6 Å². The average molecular weight is 185 g/mol. The van der Waals surface area contributed by atoms with Crippen LogP contribution in [0.4, 0.5) is 0 Å². The smallest absolute Gasteiger partial charge is 0.0589 e. The summed E-state index contributed by atoms with van der Waals surface area (Å²) in [5.41, 5.74) is 0. The molecule has 3 nitrogen and oxygen atoms in total. The first-order valence-electron chi connectivity index (χ1n) is 5.13. The van der Waals surface area contributed by atoms with Crippen molar-refractivity contribution in [3.63, 3.8) is 0 Å². The van der Waals surface area contributed by atoms with Gasteiger partial charge in [-0.3, -0.25) is 0 Å². The summed E-state index contributed by atoms with van der Waals surface area (Å²) in [6.45, 7) is 5.24. The molecule has 77 valence electrons. The lowest BCUT2D eigenvalue weighted by molar-refractivity contribution is 0.147. The Morgan fingerprint density at radius 1 is 1.38 bits per heavy atom. The van der Waals surface area contributed by atoms with Gasteiger partial charge in [-0.1, -0.05) is 0 Å². The summed E-state index contributed by atoms with van der Waals surface area (Å²) in [5.74, 6) is 0.861. The van der Waals surface area contributed by atoms with Crippen molar-refractivity contribution in [3.8, 4) is 0 Å². The number of piperidine rings is 1. The highest BCUT2D eigenvalue weighted by Gasteiger charge is 2.14. The van der Waals surface area contributed by atoms with E-state index in [4.69, 9.17) is 4.74 Å². The predicted molar refractivity (Wildman–Crippen MR) is 54.0 cm³/mol. The lowest BCUT2D eigenvalue weighted by Gasteiger charge is -2.26. The van der Waals surface area contributed by atoms with Gasteiger partial charge in [-0.2, -0.15) is 0 Å². The zero-order valence-corrected chi connectivity index (χ0v) is 8.83. The number of ether oxygens (including phenoxy) is 1. The van der Waals surface area contributed by atoms with E-state index in [9.17, 15) is 0 Å². The Labute approximate surface area is 81.4 Å². The maximum Gasteiger partial charge on any atom is 0.0589 e. The van der Waals surface area contributed by atoms with Gasteiger partial charge in [-0.15, -0.1) is 0 Å². The van der Waals surface area contributed by atoms with Gasteiger partial charge in [0.05, 0.1) is 6.61 Å². The molecule has 1 rings (SSSR count). The quantitative estimate of drug-likeness (QED) is 0.626. The van der Waals surface area contributed by atoms with E-state index < -0.39 is 0 Å². The van der Waals surface area contributed by atoms with E-state index in [-0.39, 0.29) is 0 Å². The Morgan fingerprint density at radius 3 is 2.69 bits per heavy atom. The second-order valence-electron chi connectivity index (χ2n) is 3.87. The zero-order chi connectivity index (χ0) is 9.52. The first-order chi connectivity index (χ1) is 6.33. The number of hydrogen-bond donors (Lipinski definition) is 0. The molecule has 0 bridgehead atoms. The lowest BCUT2D eigenvalue weighted by atomic mass is 9.98. The van der Waals surface area contributed by atoms with Crippen LogP contribution in [0, 0.1) is 5.92 Å². The highest BCUT2D eigenvalue weighted by molar-refractivity contribution is 4.70. The van der Waals surface area contributed by atoms with Crippen LogP contribution < -0.4 is 5.32 Å². The van der Waals surface area contributed by atoms with E-state index >= 15 is 0 Å². The third kappa shape index (κ3) is 4.60. The molecule has 0 amide bonds. The van der Waals surface area contributed by atoms with E-state index in [2.05, 4.69) is 17.3 Å². The maximum atomic E-state index is 5.04. The minimum atomic E-state index is 0.841. The molecule has 1 radical (unpaired) electrons. The fourth-order valence-corrected chi connectivity index (χ4v) is 1.77. The molecular weight excluding hydrogens is 164 g/mol. The molecule has 3 heteroatoms. The Kier molecular flexibility index (Phi) is 5.35. The van der Waals surface area contributed by atoms with Crippen molar-refractivity contribution in [2.24, 2.45) is 5.92 Å². The summed E-state index contributed by atoms with van der Waals surface area (Å²) < 4.78 is 5.04. The molecule has 0 saturated carbocycles. The van der Waals surface area contributed by atoms with Gasteiger partial charge in [0.2, 0.25) is 0 Å². The normalized spacial score (nSPS) is 19.6. The molecule has 1 aliphatic rings. The van der Waals surface area contributed by atoms with E-state index in [0.29, 0.717) is 0 Å². The van der Waals surface area contributed by atoms with Gasteiger partial charge in [0, 0.05) is 33.3 Å².